The molecule has 30 heavy (non-hydrogen) atoms. The van der Waals surface area contributed by atoms with E-state index >= 15 is 0 Å². The van der Waals surface area contributed by atoms with Gasteiger partial charge in [0.15, 0.2) is 0 Å². The minimum atomic E-state index is -5.08. The number of nitrogens with zero attached hydrogens (tertiary/aromatic N) is 3. The summed E-state index contributed by atoms with van der Waals surface area (Å²) in [5.41, 5.74) is -0.194. The van der Waals surface area contributed by atoms with Crippen molar-refractivity contribution in [3.63, 3.8) is 0 Å². The van der Waals surface area contributed by atoms with Crippen LogP contribution in [-0.2, 0) is 27.4 Å². The smallest absolute Gasteiger partial charge is 0.475 e. The molecule has 8 nitrogen and oxygen atoms in total. The molecule has 2 aromatic heterocycles. The molecule has 2 saturated heterocycles. The lowest BCUT2D eigenvalue weighted by molar-refractivity contribution is -0.192. The number of carboxylic acid groups (broad SMARTS) is 1. The average molecular weight is 431 g/mol. The molecule has 2 aromatic rings. The normalized spacial score (nSPS) is 25.0. The molecule has 1 N–H and O–H groups in total. The number of rotatable bonds is 4. The molecule has 2 fully saturated rings. The average Bonchev–Trinajstić information content (AvgIpc) is 3.40. The van der Waals surface area contributed by atoms with E-state index in [1.165, 1.54) is 0 Å². The van der Waals surface area contributed by atoms with Gasteiger partial charge in [0, 0.05) is 25.5 Å². The summed E-state index contributed by atoms with van der Waals surface area (Å²) in [5.74, 6) is -1.76. The molecule has 1 spiro atoms. The Morgan fingerprint density at radius 2 is 2.17 bits per heavy atom. The fourth-order valence-electron chi connectivity index (χ4n) is 3.61. The van der Waals surface area contributed by atoms with Crippen LogP contribution in [0.1, 0.15) is 18.6 Å². The van der Waals surface area contributed by atoms with E-state index in [1.54, 1.807) is 6.26 Å². The number of alkyl halides is 3. The lowest BCUT2D eigenvalue weighted by atomic mass is 10.00. The van der Waals surface area contributed by atoms with Gasteiger partial charge in [-0.05, 0) is 31.0 Å². The number of hydrogen-bond acceptors (Lipinski definition) is 6. The second-order valence-corrected chi connectivity index (χ2v) is 7.34. The second-order valence-electron chi connectivity index (χ2n) is 7.34. The van der Waals surface area contributed by atoms with Crippen LogP contribution in [0.4, 0.5) is 13.2 Å². The molecule has 0 saturated carbocycles. The fourth-order valence-corrected chi connectivity index (χ4v) is 3.61. The number of aromatic nitrogens is 2. The van der Waals surface area contributed by atoms with Gasteiger partial charge in [-0.15, -0.1) is 0 Å². The topological polar surface area (TPSA) is 90.0 Å². The quantitative estimate of drug-likeness (QED) is 0.796. The van der Waals surface area contributed by atoms with Gasteiger partial charge in [-0.1, -0.05) is 0 Å². The maximum Gasteiger partial charge on any atom is 0.490 e. The first-order valence-corrected chi connectivity index (χ1v) is 9.54. The highest BCUT2D eigenvalue weighted by atomic mass is 19.4. The predicted molar refractivity (Wildman–Crippen MR) is 97.6 cm³/mol. The van der Waals surface area contributed by atoms with Crippen LogP contribution in [0, 0.1) is 0 Å². The van der Waals surface area contributed by atoms with Crippen molar-refractivity contribution in [2.45, 2.75) is 43.8 Å². The lowest BCUT2D eigenvalue weighted by Gasteiger charge is -2.31. The zero-order valence-electron chi connectivity index (χ0n) is 16.3. The number of hydrogen-bond donors (Lipinski definition) is 1. The summed E-state index contributed by atoms with van der Waals surface area (Å²) < 4.78 is 51.4. The predicted octanol–water partition coefficient (Wildman–Crippen LogP) is 2.56. The van der Waals surface area contributed by atoms with Crippen LogP contribution in [0.25, 0.3) is 0 Å². The molecular weight excluding hydrogens is 407 g/mol. The molecule has 4 rings (SSSR count). The molecule has 2 aliphatic rings. The van der Waals surface area contributed by atoms with Crippen molar-refractivity contribution in [1.82, 2.24) is 14.7 Å². The Morgan fingerprint density at radius 3 is 2.80 bits per heavy atom. The Hall–Kier alpha value is -2.37. The maximum absolute atomic E-state index is 10.6. The summed E-state index contributed by atoms with van der Waals surface area (Å²) in [6, 6.07) is 5.91. The summed E-state index contributed by atoms with van der Waals surface area (Å²) >= 11 is 0. The minimum absolute atomic E-state index is 0.194. The van der Waals surface area contributed by atoms with Crippen molar-refractivity contribution in [3.8, 4) is 0 Å². The van der Waals surface area contributed by atoms with Crippen LogP contribution in [0.15, 0.2) is 41.3 Å². The maximum atomic E-state index is 10.6. The largest absolute Gasteiger partial charge is 0.490 e. The zero-order chi connectivity index (χ0) is 21.6. The molecule has 0 aromatic carbocycles. The Morgan fingerprint density at radius 1 is 1.37 bits per heavy atom. The SMILES string of the molecule is O=C(O)C(F)(F)F.c1coc(CN2CCOCC3(CCC(Cn4cccn4)O3)C2)c1. The Labute approximate surface area is 171 Å². The Bertz CT molecular complexity index is 782. The van der Waals surface area contributed by atoms with Crippen molar-refractivity contribution < 1.29 is 37.0 Å². The molecule has 2 atom stereocenters. The number of carboxylic acids is 1. The summed E-state index contributed by atoms with van der Waals surface area (Å²) in [6.07, 6.45) is 2.74. The standard InChI is InChI=1S/C17H23N3O3.C2HF3O2/c1-3-15(22-9-1)11-19-8-10-21-14-17(13-19)5-4-16(23-17)12-20-7-2-6-18-20;3-2(4,5)1(6)7/h1-3,6-7,9,16H,4-5,8,10-14H2;(H,6,7). The highest BCUT2D eigenvalue weighted by Gasteiger charge is 2.43. The van der Waals surface area contributed by atoms with Gasteiger partial charge in [0.2, 0.25) is 0 Å². The number of furan rings is 1. The first-order valence-electron chi connectivity index (χ1n) is 9.54. The Kier molecular flexibility index (Phi) is 7.16. The lowest BCUT2D eigenvalue weighted by Crippen LogP contribution is -2.44. The molecule has 0 aliphatic carbocycles. The van der Waals surface area contributed by atoms with E-state index in [0.717, 1.165) is 51.4 Å². The molecule has 166 valence electrons. The van der Waals surface area contributed by atoms with Gasteiger partial charge in [0.1, 0.15) is 11.4 Å². The first-order chi connectivity index (χ1) is 14.3. The van der Waals surface area contributed by atoms with Crippen molar-refractivity contribution >= 4 is 5.97 Å². The highest BCUT2D eigenvalue weighted by molar-refractivity contribution is 5.73. The van der Waals surface area contributed by atoms with E-state index in [0.29, 0.717) is 6.61 Å². The van der Waals surface area contributed by atoms with Crippen LogP contribution >= 0.6 is 0 Å². The third-order valence-electron chi connectivity index (χ3n) is 4.92. The summed E-state index contributed by atoms with van der Waals surface area (Å²) in [5, 5.41) is 11.4. The second kappa shape index (κ2) is 9.63. The van der Waals surface area contributed by atoms with Crippen LogP contribution in [0.3, 0.4) is 0 Å². The molecule has 2 aliphatic heterocycles. The summed E-state index contributed by atoms with van der Waals surface area (Å²) in [6.45, 7) is 4.85. The van der Waals surface area contributed by atoms with Gasteiger partial charge in [-0.25, -0.2) is 4.79 Å². The third kappa shape index (κ3) is 6.31. The van der Waals surface area contributed by atoms with Crippen molar-refractivity contribution in [2.75, 3.05) is 26.3 Å². The molecule has 0 amide bonds. The van der Waals surface area contributed by atoms with Gasteiger partial charge >= 0.3 is 12.1 Å². The van der Waals surface area contributed by atoms with E-state index in [9.17, 15) is 13.2 Å². The molecule has 4 heterocycles. The van der Waals surface area contributed by atoms with E-state index in [1.807, 2.05) is 35.3 Å². The van der Waals surface area contributed by atoms with E-state index < -0.39 is 12.1 Å². The van der Waals surface area contributed by atoms with Gasteiger partial charge in [-0.2, -0.15) is 18.3 Å². The van der Waals surface area contributed by atoms with Crippen molar-refractivity contribution in [2.24, 2.45) is 0 Å². The fraction of sp³-hybridized carbons (Fsp3) is 0.579. The van der Waals surface area contributed by atoms with Crippen LogP contribution in [0.2, 0.25) is 0 Å². The summed E-state index contributed by atoms with van der Waals surface area (Å²) in [7, 11) is 0. The Balaban J connectivity index is 0.000000318. The van der Waals surface area contributed by atoms with Gasteiger partial charge in [0.25, 0.3) is 0 Å². The van der Waals surface area contributed by atoms with Crippen LogP contribution in [-0.4, -0.2) is 69.9 Å². The zero-order valence-corrected chi connectivity index (χ0v) is 16.3. The molecule has 2 unspecified atom stereocenters. The van der Waals surface area contributed by atoms with Crippen LogP contribution in [0.5, 0.6) is 0 Å². The molecular formula is C19H24F3N3O5. The third-order valence-corrected chi connectivity index (χ3v) is 4.92. The minimum Gasteiger partial charge on any atom is -0.475 e. The van der Waals surface area contributed by atoms with Crippen molar-refractivity contribution in [3.05, 3.63) is 42.6 Å². The van der Waals surface area contributed by atoms with E-state index in [-0.39, 0.29) is 11.7 Å². The highest BCUT2D eigenvalue weighted by Crippen LogP contribution is 2.34. The number of halogens is 3. The number of ether oxygens (including phenoxy) is 2. The number of carbonyl (C=O) groups is 1. The first kappa shape index (κ1) is 22.3. The molecule has 0 bridgehead atoms. The molecule has 0 radical (unpaired) electrons. The van der Waals surface area contributed by atoms with E-state index in [2.05, 4.69) is 10.00 Å². The van der Waals surface area contributed by atoms with Crippen molar-refractivity contribution in [1.29, 1.82) is 0 Å². The van der Waals surface area contributed by atoms with E-state index in [4.69, 9.17) is 23.8 Å². The van der Waals surface area contributed by atoms with Gasteiger partial charge in [0.05, 0.1) is 38.7 Å². The number of aliphatic carboxylic acids is 1. The monoisotopic (exact) mass is 431 g/mol. The molecule has 11 heteroatoms. The summed E-state index contributed by atoms with van der Waals surface area (Å²) in [4.78, 5) is 11.3. The van der Waals surface area contributed by atoms with Gasteiger partial charge < -0.3 is 19.0 Å². The van der Waals surface area contributed by atoms with Crippen LogP contribution < -0.4 is 0 Å². The van der Waals surface area contributed by atoms with Gasteiger partial charge in [-0.3, -0.25) is 9.58 Å².